The maximum atomic E-state index is 13.9. The fraction of sp³-hybridized carbons (Fsp3) is 0.250. The van der Waals surface area contributed by atoms with Gasteiger partial charge in [0.15, 0.2) is 0 Å². The van der Waals surface area contributed by atoms with E-state index in [0.29, 0.717) is 11.5 Å². The Bertz CT molecular complexity index is 563. The molecule has 0 aliphatic heterocycles. The second-order valence-electron chi connectivity index (χ2n) is 4.87. The van der Waals surface area contributed by atoms with Crippen molar-refractivity contribution >= 4 is 11.6 Å². The van der Waals surface area contributed by atoms with Crippen LogP contribution >= 0.6 is 11.6 Å². The molecule has 1 nitrogen and oxygen atoms in total. The van der Waals surface area contributed by atoms with Crippen LogP contribution in [0.5, 0.6) is 0 Å². The molecule has 0 aliphatic carbocycles. The number of rotatable bonds is 3. The zero-order valence-corrected chi connectivity index (χ0v) is 11.7. The van der Waals surface area contributed by atoms with E-state index >= 15 is 0 Å². The average molecular weight is 279 g/mol. The standard InChI is InChI=1S/C16H16ClFO/c1-10(2)11-6-8-12(9-7-11)16(19)13-4-3-5-14(17)15(13)18/h3-10,16,19H,1-2H3. The Kier molecular flexibility index (Phi) is 4.23. The predicted molar refractivity (Wildman–Crippen MR) is 76.0 cm³/mol. The number of hydrogen-bond donors (Lipinski definition) is 1. The molecule has 0 radical (unpaired) electrons. The second kappa shape index (κ2) is 5.72. The zero-order chi connectivity index (χ0) is 14.0. The van der Waals surface area contributed by atoms with Gasteiger partial charge in [0.25, 0.3) is 0 Å². The summed E-state index contributed by atoms with van der Waals surface area (Å²) in [5.41, 5.74) is 2.04. The minimum absolute atomic E-state index is 0.0235. The van der Waals surface area contributed by atoms with Crippen molar-refractivity contribution in [2.24, 2.45) is 0 Å². The van der Waals surface area contributed by atoms with Gasteiger partial charge in [-0.2, -0.15) is 0 Å². The van der Waals surface area contributed by atoms with Crippen molar-refractivity contribution in [1.82, 2.24) is 0 Å². The van der Waals surface area contributed by atoms with Crippen LogP contribution < -0.4 is 0 Å². The van der Waals surface area contributed by atoms with E-state index in [9.17, 15) is 9.50 Å². The van der Waals surface area contributed by atoms with Crippen molar-refractivity contribution in [2.45, 2.75) is 25.9 Å². The van der Waals surface area contributed by atoms with Crippen LogP contribution in [0.3, 0.4) is 0 Å². The Balaban J connectivity index is 2.33. The van der Waals surface area contributed by atoms with E-state index in [0.717, 1.165) is 0 Å². The van der Waals surface area contributed by atoms with Crippen molar-refractivity contribution in [1.29, 1.82) is 0 Å². The first-order chi connectivity index (χ1) is 9.00. The Morgan fingerprint density at radius 1 is 1.00 bits per heavy atom. The highest BCUT2D eigenvalue weighted by molar-refractivity contribution is 6.30. The van der Waals surface area contributed by atoms with E-state index in [-0.39, 0.29) is 10.6 Å². The lowest BCUT2D eigenvalue weighted by molar-refractivity contribution is 0.215. The molecular formula is C16H16ClFO. The Labute approximate surface area is 117 Å². The van der Waals surface area contributed by atoms with Crippen LogP contribution in [0.25, 0.3) is 0 Å². The minimum Gasteiger partial charge on any atom is -0.384 e. The molecule has 100 valence electrons. The quantitative estimate of drug-likeness (QED) is 0.864. The molecule has 1 N–H and O–H groups in total. The SMILES string of the molecule is CC(C)c1ccc(C(O)c2cccc(Cl)c2F)cc1. The molecule has 3 heteroatoms. The molecule has 0 aromatic heterocycles. The third kappa shape index (κ3) is 2.96. The monoisotopic (exact) mass is 278 g/mol. The third-order valence-corrected chi connectivity index (χ3v) is 3.49. The zero-order valence-electron chi connectivity index (χ0n) is 10.9. The number of aliphatic hydroxyl groups excluding tert-OH is 1. The van der Waals surface area contributed by atoms with Crippen molar-refractivity contribution in [3.63, 3.8) is 0 Å². The molecule has 19 heavy (non-hydrogen) atoms. The lowest BCUT2D eigenvalue weighted by Crippen LogP contribution is -2.03. The van der Waals surface area contributed by atoms with Crippen LogP contribution in [-0.4, -0.2) is 5.11 Å². The summed E-state index contributed by atoms with van der Waals surface area (Å²) < 4.78 is 13.9. The lowest BCUT2D eigenvalue weighted by Gasteiger charge is -2.14. The van der Waals surface area contributed by atoms with Crippen molar-refractivity contribution in [2.75, 3.05) is 0 Å². The van der Waals surface area contributed by atoms with Gasteiger partial charge in [-0.15, -0.1) is 0 Å². The molecule has 0 saturated carbocycles. The summed E-state index contributed by atoms with van der Waals surface area (Å²) in [6.07, 6.45) is -1.00. The van der Waals surface area contributed by atoms with Gasteiger partial charge in [0.2, 0.25) is 0 Å². The number of aliphatic hydroxyl groups is 1. The molecule has 2 rings (SSSR count). The second-order valence-corrected chi connectivity index (χ2v) is 5.27. The summed E-state index contributed by atoms with van der Waals surface area (Å²) in [4.78, 5) is 0. The van der Waals surface area contributed by atoms with E-state index in [1.165, 1.54) is 11.6 Å². The molecule has 2 aromatic rings. The van der Waals surface area contributed by atoms with Crippen LogP contribution in [0, 0.1) is 5.82 Å². The number of benzene rings is 2. The van der Waals surface area contributed by atoms with Gasteiger partial charge in [-0.05, 0) is 23.1 Å². The van der Waals surface area contributed by atoms with Crippen molar-refractivity contribution < 1.29 is 9.50 Å². The molecule has 0 heterocycles. The summed E-state index contributed by atoms with van der Waals surface area (Å²) in [6.45, 7) is 4.20. The molecule has 0 aliphatic rings. The van der Waals surface area contributed by atoms with E-state index in [2.05, 4.69) is 13.8 Å². The van der Waals surface area contributed by atoms with Crippen LogP contribution in [0.15, 0.2) is 42.5 Å². The molecular weight excluding hydrogens is 263 g/mol. The summed E-state index contributed by atoms with van der Waals surface area (Å²) in [5.74, 6) is -0.140. The predicted octanol–water partition coefficient (Wildman–Crippen LogP) is 4.68. The van der Waals surface area contributed by atoms with Crippen LogP contribution in [0.1, 0.15) is 42.6 Å². The van der Waals surface area contributed by atoms with Gasteiger partial charge in [-0.3, -0.25) is 0 Å². The van der Waals surface area contributed by atoms with Crippen LogP contribution in [0.4, 0.5) is 4.39 Å². The first kappa shape index (κ1) is 14.0. The Morgan fingerprint density at radius 2 is 1.58 bits per heavy atom. The molecule has 1 atom stereocenters. The highest BCUT2D eigenvalue weighted by Gasteiger charge is 2.16. The molecule has 0 fully saturated rings. The summed E-state index contributed by atoms with van der Waals surface area (Å²) in [7, 11) is 0. The maximum Gasteiger partial charge on any atom is 0.147 e. The van der Waals surface area contributed by atoms with E-state index < -0.39 is 11.9 Å². The number of hydrogen-bond acceptors (Lipinski definition) is 1. The average Bonchev–Trinajstić information content (AvgIpc) is 2.41. The van der Waals surface area contributed by atoms with Gasteiger partial charge in [0.05, 0.1) is 5.02 Å². The first-order valence-electron chi connectivity index (χ1n) is 6.22. The summed E-state index contributed by atoms with van der Waals surface area (Å²) >= 11 is 5.73. The largest absolute Gasteiger partial charge is 0.384 e. The van der Waals surface area contributed by atoms with E-state index in [4.69, 9.17) is 11.6 Å². The van der Waals surface area contributed by atoms with Gasteiger partial charge in [0.1, 0.15) is 11.9 Å². The van der Waals surface area contributed by atoms with Crippen LogP contribution in [-0.2, 0) is 0 Å². The van der Waals surface area contributed by atoms with E-state index in [1.54, 1.807) is 12.1 Å². The molecule has 0 amide bonds. The normalized spacial score (nSPS) is 12.7. The van der Waals surface area contributed by atoms with E-state index in [1.807, 2.05) is 24.3 Å². The molecule has 2 aromatic carbocycles. The minimum atomic E-state index is -1.00. The highest BCUT2D eigenvalue weighted by atomic mass is 35.5. The summed E-state index contributed by atoms with van der Waals surface area (Å²) in [6, 6.07) is 12.2. The summed E-state index contributed by atoms with van der Waals surface area (Å²) in [5, 5.41) is 10.3. The van der Waals surface area contributed by atoms with Gasteiger partial charge in [0, 0.05) is 5.56 Å². The first-order valence-corrected chi connectivity index (χ1v) is 6.60. The Hall–Kier alpha value is -1.38. The number of halogens is 2. The highest BCUT2D eigenvalue weighted by Crippen LogP contribution is 2.28. The van der Waals surface area contributed by atoms with Gasteiger partial charge in [-0.1, -0.05) is 61.8 Å². The lowest BCUT2D eigenvalue weighted by atomic mass is 9.97. The third-order valence-electron chi connectivity index (χ3n) is 3.19. The topological polar surface area (TPSA) is 20.2 Å². The van der Waals surface area contributed by atoms with Gasteiger partial charge in [-0.25, -0.2) is 4.39 Å². The molecule has 1 unspecified atom stereocenters. The smallest absolute Gasteiger partial charge is 0.147 e. The molecule has 0 spiro atoms. The van der Waals surface area contributed by atoms with Gasteiger partial charge >= 0.3 is 0 Å². The van der Waals surface area contributed by atoms with Crippen molar-refractivity contribution in [3.8, 4) is 0 Å². The fourth-order valence-corrected chi connectivity index (χ4v) is 2.16. The maximum absolute atomic E-state index is 13.9. The fourth-order valence-electron chi connectivity index (χ4n) is 1.97. The molecule has 0 saturated heterocycles. The Morgan fingerprint density at radius 3 is 2.16 bits per heavy atom. The van der Waals surface area contributed by atoms with Gasteiger partial charge < -0.3 is 5.11 Å². The molecule has 0 bridgehead atoms. The van der Waals surface area contributed by atoms with Crippen molar-refractivity contribution in [3.05, 3.63) is 70.0 Å². The van der Waals surface area contributed by atoms with Crippen LogP contribution in [0.2, 0.25) is 5.02 Å².